The summed E-state index contributed by atoms with van der Waals surface area (Å²) in [6.07, 6.45) is 19.7. The molecule has 0 spiro atoms. The first-order valence-corrected chi connectivity index (χ1v) is 27.7. The largest absolute Gasteiger partial charge is 0.481 e. The average molecular weight is 967 g/mol. The zero-order valence-corrected chi connectivity index (χ0v) is 45.4. The Balaban J connectivity index is 0.000000143. The number of carbonyl (C=O) groups is 5. The molecule has 2 N–H and O–H groups in total. The molecule has 3 unspecified atom stereocenters. The molecule has 1 heterocycles. The molecular weight excluding hydrogens is 873 g/mol. The van der Waals surface area contributed by atoms with Gasteiger partial charge in [-0.1, -0.05) is 27.7 Å². The van der Waals surface area contributed by atoms with Crippen molar-refractivity contribution in [2.75, 3.05) is 0 Å². The van der Waals surface area contributed by atoms with Crippen LogP contribution in [-0.2, 0) is 42.9 Å². The Morgan fingerprint density at radius 1 is 0.565 bits per heavy atom. The SMILES string of the molecule is CCC(C)(C)C(=O)O.CCC(C)(C)C(=O)OC(C)(C)C12CC3CC(CC(C3)C1)C2.CCC(C)(C)C(=O)OC12CC3C4CC5(O)CC3C(C1)C(C5)C4C2.CCC(C)(C)C(=O)OC1C(=O)OC2CCCC21. The maximum atomic E-state index is 12.7. The third kappa shape index (κ3) is 10.3. The molecule has 13 rings (SSSR count). The van der Waals surface area contributed by atoms with Gasteiger partial charge in [-0.3, -0.25) is 19.2 Å². The second-order valence-corrected chi connectivity index (χ2v) is 27.8. The lowest BCUT2D eigenvalue weighted by molar-refractivity contribution is -0.294. The summed E-state index contributed by atoms with van der Waals surface area (Å²) >= 11 is 0. The predicted octanol–water partition coefficient (Wildman–Crippen LogP) is 12.1. The van der Waals surface area contributed by atoms with Crippen molar-refractivity contribution in [3.63, 3.8) is 0 Å². The lowest BCUT2D eigenvalue weighted by atomic mass is 9.34. The molecule has 0 radical (unpaired) electrons. The number of carboxylic acids is 1. The van der Waals surface area contributed by atoms with E-state index >= 15 is 0 Å². The van der Waals surface area contributed by atoms with Crippen LogP contribution in [0.15, 0.2) is 0 Å². The Morgan fingerprint density at radius 3 is 1.38 bits per heavy atom. The summed E-state index contributed by atoms with van der Waals surface area (Å²) in [5.74, 6) is 5.65. The van der Waals surface area contributed by atoms with Gasteiger partial charge in [0.15, 0.2) is 0 Å². The smallest absolute Gasteiger partial charge is 0.348 e. The second-order valence-electron chi connectivity index (χ2n) is 27.8. The Morgan fingerprint density at radius 2 is 0.971 bits per heavy atom. The zero-order chi connectivity index (χ0) is 51.1. The van der Waals surface area contributed by atoms with Crippen molar-refractivity contribution < 1.29 is 53.1 Å². The molecule has 12 aliphatic carbocycles. The second kappa shape index (κ2) is 19.0. The summed E-state index contributed by atoms with van der Waals surface area (Å²) in [7, 11) is 0. The van der Waals surface area contributed by atoms with E-state index in [-0.39, 0.29) is 68.9 Å². The molecule has 11 heteroatoms. The Hall–Kier alpha value is -2.69. The topological polar surface area (TPSA) is 163 Å². The van der Waals surface area contributed by atoms with Gasteiger partial charge in [-0.2, -0.15) is 0 Å². The van der Waals surface area contributed by atoms with E-state index in [4.69, 9.17) is 24.1 Å². The maximum absolute atomic E-state index is 12.7. The van der Waals surface area contributed by atoms with Gasteiger partial charge in [0.1, 0.15) is 17.3 Å². The molecule has 13 fully saturated rings. The van der Waals surface area contributed by atoms with Crippen LogP contribution in [0, 0.1) is 86.3 Å². The molecule has 69 heavy (non-hydrogen) atoms. The average Bonchev–Trinajstić information content (AvgIpc) is 3.85. The molecular formula is C58H94O11. The minimum Gasteiger partial charge on any atom is -0.481 e. The highest BCUT2D eigenvalue weighted by Crippen LogP contribution is 2.73. The summed E-state index contributed by atoms with van der Waals surface area (Å²) in [5.41, 5.74) is -2.37. The molecule has 0 aromatic carbocycles. The number of rotatable bonds is 12. The van der Waals surface area contributed by atoms with Crippen molar-refractivity contribution in [2.45, 2.75) is 248 Å². The van der Waals surface area contributed by atoms with Crippen LogP contribution in [0.25, 0.3) is 0 Å². The molecule has 13 aliphatic rings. The summed E-state index contributed by atoms with van der Waals surface area (Å²) in [6.45, 7) is 27.4. The van der Waals surface area contributed by atoms with Gasteiger partial charge in [-0.25, -0.2) is 4.79 Å². The van der Waals surface area contributed by atoms with Crippen molar-refractivity contribution in [3.8, 4) is 0 Å². The van der Waals surface area contributed by atoms with Gasteiger partial charge in [-0.05, 0) is 244 Å². The van der Waals surface area contributed by atoms with Gasteiger partial charge in [0.05, 0.1) is 27.3 Å². The first kappa shape index (κ1) is 54.1. The summed E-state index contributed by atoms with van der Waals surface area (Å²) < 4.78 is 23.0. The van der Waals surface area contributed by atoms with Gasteiger partial charge in [-0.15, -0.1) is 0 Å². The van der Waals surface area contributed by atoms with E-state index < -0.39 is 22.9 Å². The summed E-state index contributed by atoms with van der Waals surface area (Å²) in [5, 5.41) is 19.3. The van der Waals surface area contributed by atoms with E-state index in [1.807, 2.05) is 55.4 Å². The van der Waals surface area contributed by atoms with Crippen LogP contribution in [0.2, 0.25) is 0 Å². The van der Waals surface area contributed by atoms with Crippen LogP contribution in [-0.4, -0.2) is 69.1 Å². The lowest BCUT2D eigenvalue weighted by Crippen LogP contribution is -2.71. The van der Waals surface area contributed by atoms with Gasteiger partial charge >= 0.3 is 29.8 Å². The number of carboxylic acid groups (broad SMARTS) is 1. The predicted molar refractivity (Wildman–Crippen MR) is 264 cm³/mol. The zero-order valence-electron chi connectivity index (χ0n) is 45.4. The molecule has 12 bridgehead atoms. The first-order chi connectivity index (χ1) is 31.9. The van der Waals surface area contributed by atoms with Gasteiger partial charge in [0.2, 0.25) is 6.10 Å². The Kier molecular flexibility index (Phi) is 14.9. The van der Waals surface area contributed by atoms with Gasteiger partial charge < -0.3 is 29.2 Å². The van der Waals surface area contributed by atoms with Crippen LogP contribution in [0.1, 0.15) is 219 Å². The highest BCUT2D eigenvalue weighted by Gasteiger charge is 2.71. The van der Waals surface area contributed by atoms with E-state index in [1.165, 1.54) is 38.5 Å². The van der Waals surface area contributed by atoms with E-state index in [0.29, 0.717) is 48.3 Å². The number of ether oxygens (including phenoxy) is 4. The van der Waals surface area contributed by atoms with E-state index in [9.17, 15) is 29.1 Å². The molecule has 0 aromatic rings. The number of aliphatic hydroxyl groups is 1. The number of aliphatic carboxylic acids is 1. The van der Waals surface area contributed by atoms with Gasteiger partial charge in [0, 0.05) is 11.3 Å². The highest BCUT2D eigenvalue weighted by atomic mass is 16.6. The number of esters is 4. The van der Waals surface area contributed by atoms with Crippen LogP contribution < -0.4 is 0 Å². The van der Waals surface area contributed by atoms with Crippen molar-refractivity contribution in [2.24, 2.45) is 86.3 Å². The van der Waals surface area contributed by atoms with Crippen molar-refractivity contribution in [1.82, 2.24) is 0 Å². The van der Waals surface area contributed by atoms with Crippen molar-refractivity contribution >= 4 is 29.8 Å². The van der Waals surface area contributed by atoms with E-state index in [1.54, 1.807) is 13.8 Å². The Labute approximate surface area is 415 Å². The molecule has 3 atom stereocenters. The minimum atomic E-state index is -0.722. The van der Waals surface area contributed by atoms with Crippen LogP contribution in [0.3, 0.4) is 0 Å². The fraction of sp³-hybridized carbons (Fsp3) is 0.914. The monoisotopic (exact) mass is 967 g/mol. The molecule has 12 saturated carbocycles. The normalized spacial score (nSPS) is 39.5. The molecule has 0 amide bonds. The molecule has 11 nitrogen and oxygen atoms in total. The fourth-order valence-corrected chi connectivity index (χ4v) is 15.4. The summed E-state index contributed by atoms with van der Waals surface area (Å²) in [6, 6.07) is 0. The minimum absolute atomic E-state index is 0.00857. The van der Waals surface area contributed by atoms with E-state index in [2.05, 4.69) is 27.7 Å². The molecule has 1 aliphatic heterocycles. The molecule has 392 valence electrons. The van der Waals surface area contributed by atoms with Crippen LogP contribution in [0.4, 0.5) is 0 Å². The number of carbonyl (C=O) groups excluding carboxylic acids is 4. The van der Waals surface area contributed by atoms with Crippen LogP contribution in [0.5, 0.6) is 0 Å². The quantitative estimate of drug-likeness (QED) is 0.141. The fourth-order valence-electron chi connectivity index (χ4n) is 15.4. The highest BCUT2D eigenvalue weighted by molar-refractivity contribution is 5.83. The first-order valence-electron chi connectivity index (χ1n) is 27.7. The van der Waals surface area contributed by atoms with E-state index in [0.717, 1.165) is 88.4 Å². The maximum Gasteiger partial charge on any atom is 0.348 e. The van der Waals surface area contributed by atoms with Gasteiger partial charge in [0.25, 0.3) is 0 Å². The van der Waals surface area contributed by atoms with Crippen molar-refractivity contribution in [3.05, 3.63) is 0 Å². The lowest BCUT2D eigenvalue weighted by Gasteiger charge is -2.73. The summed E-state index contributed by atoms with van der Waals surface area (Å²) in [4.78, 5) is 59.1. The standard InChI is InChI=1S/C20H30O3.C19H32O2.C13H20O4.C6H12O2/c1-4-18(2,3)17(21)23-20-8-14-11-5-19(22)6-12(14)16(10-20)13(7-19)15(11)9-20;1-6-17(2,3)16(20)21-18(4,5)19-10-13-7-14(11-19)9-15(8-13)12-19;1-4-13(2,3)12(15)17-10-8-6-5-7-9(8)16-11(10)14;1-4-6(2,3)5(7)8/h11-16,22H,4-10H2,1-3H3;13-15H,6-12H2,1-5H3;8-10H,4-7H2,1-3H3;4H2,1-3H3,(H,7,8). The molecule has 1 saturated heterocycles. The molecule has 0 aromatic heterocycles. The Bertz CT molecular complexity index is 1840. The third-order valence-corrected chi connectivity index (χ3v) is 21.3. The number of fused-ring (bicyclic) bond motifs is 1. The van der Waals surface area contributed by atoms with Crippen LogP contribution >= 0.6 is 0 Å². The van der Waals surface area contributed by atoms with Crippen molar-refractivity contribution in [1.29, 1.82) is 0 Å². The number of hydrogen-bond donors (Lipinski definition) is 2. The third-order valence-electron chi connectivity index (χ3n) is 21.3. The number of hydrogen-bond acceptors (Lipinski definition) is 10.